The Labute approximate surface area is 120 Å². The Morgan fingerprint density at radius 3 is 2.05 bits per heavy atom. The van der Waals surface area contributed by atoms with Gasteiger partial charge in [-0.25, -0.2) is 4.98 Å². The molecule has 0 unspecified atom stereocenters. The number of aromatic nitrogens is 3. The third-order valence-electron chi connectivity index (χ3n) is 2.18. The van der Waals surface area contributed by atoms with E-state index in [2.05, 4.69) is 15.1 Å². The molecule has 2 heterocycles. The highest BCUT2D eigenvalue weighted by molar-refractivity contribution is 6.31. The lowest BCUT2D eigenvalue weighted by molar-refractivity contribution is 0.425. The maximum absolute atomic E-state index is 6.01. The predicted molar refractivity (Wildman–Crippen MR) is 79.4 cm³/mol. The summed E-state index contributed by atoms with van der Waals surface area (Å²) in [4.78, 5) is 8.31. The van der Waals surface area contributed by atoms with Crippen molar-refractivity contribution in [2.24, 2.45) is 0 Å². The molecular formula is C14H22ClN3O. The molecule has 0 bridgehead atoms. The maximum atomic E-state index is 6.01. The smallest absolute Gasteiger partial charge is 0.261 e. The molecule has 0 aromatic carbocycles. The first-order valence-corrected chi connectivity index (χ1v) is 6.90. The van der Waals surface area contributed by atoms with Gasteiger partial charge in [-0.15, -0.1) is 0 Å². The quantitative estimate of drug-likeness (QED) is 0.708. The normalized spacial score (nSPS) is 9.05. The van der Waals surface area contributed by atoms with E-state index in [0.717, 1.165) is 11.3 Å². The Balaban J connectivity index is 0.000000741. The number of rotatable bonds is 1. The molecule has 0 saturated heterocycles. The second-order valence-electron chi connectivity index (χ2n) is 3.38. The van der Waals surface area contributed by atoms with Crippen LogP contribution in [0, 0.1) is 20.8 Å². The van der Waals surface area contributed by atoms with E-state index < -0.39 is 0 Å². The highest BCUT2D eigenvalue weighted by atomic mass is 35.5. The zero-order valence-electron chi connectivity index (χ0n) is 12.7. The summed E-state index contributed by atoms with van der Waals surface area (Å²) in [7, 11) is 0. The first-order valence-electron chi connectivity index (χ1n) is 6.52. The van der Waals surface area contributed by atoms with Crippen LogP contribution in [0.1, 0.15) is 44.8 Å². The van der Waals surface area contributed by atoms with Crippen molar-refractivity contribution in [1.29, 1.82) is 0 Å². The van der Waals surface area contributed by atoms with Gasteiger partial charge in [0.05, 0.1) is 5.56 Å². The fourth-order valence-corrected chi connectivity index (χ4v) is 1.49. The molecule has 0 fully saturated rings. The Hall–Kier alpha value is -1.42. The molecule has 2 aromatic heterocycles. The largest absolute Gasteiger partial charge is 0.334 e. The van der Waals surface area contributed by atoms with E-state index in [1.54, 1.807) is 6.92 Å². The summed E-state index contributed by atoms with van der Waals surface area (Å²) < 4.78 is 5.04. The third kappa shape index (κ3) is 4.63. The van der Waals surface area contributed by atoms with Gasteiger partial charge < -0.3 is 4.52 Å². The van der Waals surface area contributed by atoms with E-state index in [4.69, 9.17) is 16.1 Å². The average molecular weight is 284 g/mol. The van der Waals surface area contributed by atoms with Gasteiger partial charge in [0.1, 0.15) is 5.15 Å². The SMILES string of the molecule is CC.CC.Cc1noc(-c2cc(C)c(C)nc2Cl)n1. The fourth-order valence-electron chi connectivity index (χ4n) is 1.23. The Kier molecular flexibility index (Phi) is 8.00. The molecule has 0 atom stereocenters. The lowest BCUT2D eigenvalue weighted by Crippen LogP contribution is -1.91. The molecule has 19 heavy (non-hydrogen) atoms. The molecule has 0 saturated carbocycles. The van der Waals surface area contributed by atoms with Crippen LogP contribution in [0.3, 0.4) is 0 Å². The Morgan fingerprint density at radius 1 is 1.00 bits per heavy atom. The Morgan fingerprint density at radius 2 is 1.58 bits per heavy atom. The second kappa shape index (κ2) is 8.64. The molecule has 2 aromatic rings. The van der Waals surface area contributed by atoms with Crippen LogP contribution >= 0.6 is 11.6 Å². The van der Waals surface area contributed by atoms with Crippen LogP contribution in [0.2, 0.25) is 5.15 Å². The number of pyridine rings is 1. The lowest BCUT2D eigenvalue weighted by atomic mass is 10.1. The van der Waals surface area contributed by atoms with Gasteiger partial charge in [-0.3, -0.25) is 0 Å². The van der Waals surface area contributed by atoms with Crippen LogP contribution in [0.5, 0.6) is 0 Å². The van der Waals surface area contributed by atoms with Crippen LogP contribution in [-0.4, -0.2) is 15.1 Å². The first kappa shape index (κ1) is 17.6. The van der Waals surface area contributed by atoms with E-state index in [1.807, 2.05) is 47.6 Å². The molecule has 0 aliphatic carbocycles. The summed E-state index contributed by atoms with van der Waals surface area (Å²) >= 11 is 6.01. The van der Waals surface area contributed by atoms with Crippen molar-refractivity contribution in [2.75, 3.05) is 0 Å². The summed E-state index contributed by atoms with van der Waals surface area (Å²) in [5.41, 5.74) is 2.63. The zero-order valence-corrected chi connectivity index (χ0v) is 13.5. The molecule has 0 amide bonds. The van der Waals surface area contributed by atoms with Crippen LogP contribution in [0.15, 0.2) is 10.6 Å². The second-order valence-corrected chi connectivity index (χ2v) is 3.73. The molecule has 0 aliphatic rings. The van der Waals surface area contributed by atoms with Gasteiger partial charge in [-0.1, -0.05) is 44.5 Å². The van der Waals surface area contributed by atoms with E-state index >= 15 is 0 Å². The summed E-state index contributed by atoms with van der Waals surface area (Å²) in [5.74, 6) is 0.993. The molecular weight excluding hydrogens is 262 g/mol. The highest BCUT2D eigenvalue weighted by Gasteiger charge is 2.13. The average Bonchev–Trinajstić information content (AvgIpc) is 2.85. The van der Waals surface area contributed by atoms with Crippen molar-refractivity contribution in [1.82, 2.24) is 15.1 Å². The summed E-state index contributed by atoms with van der Waals surface area (Å²) in [6, 6.07) is 1.90. The number of hydrogen-bond acceptors (Lipinski definition) is 4. The zero-order chi connectivity index (χ0) is 15.0. The van der Waals surface area contributed by atoms with Gasteiger partial charge in [-0.05, 0) is 32.4 Å². The van der Waals surface area contributed by atoms with Crippen molar-refractivity contribution in [3.63, 3.8) is 0 Å². The molecule has 2 rings (SSSR count). The van der Waals surface area contributed by atoms with E-state index in [9.17, 15) is 0 Å². The number of hydrogen-bond donors (Lipinski definition) is 0. The van der Waals surface area contributed by atoms with Crippen molar-refractivity contribution in [3.05, 3.63) is 28.3 Å². The van der Waals surface area contributed by atoms with Gasteiger partial charge >= 0.3 is 0 Å². The minimum Gasteiger partial charge on any atom is -0.334 e. The molecule has 0 N–H and O–H groups in total. The van der Waals surface area contributed by atoms with Crippen LogP contribution in [0.4, 0.5) is 0 Å². The number of aryl methyl sites for hydroxylation is 3. The molecule has 4 nitrogen and oxygen atoms in total. The molecule has 0 aliphatic heterocycles. The molecule has 106 valence electrons. The predicted octanol–water partition coefficient (Wildman–Crippen LogP) is 4.76. The summed E-state index contributed by atoms with van der Waals surface area (Å²) in [6.07, 6.45) is 0. The van der Waals surface area contributed by atoms with Crippen LogP contribution < -0.4 is 0 Å². The van der Waals surface area contributed by atoms with E-state index in [-0.39, 0.29) is 0 Å². The number of halogens is 1. The summed E-state index contributed by atoms with van der Waals surface area (Å²) in [5, 5.41) is 4.10. The first-order chi connectivity index (χ1) is 9.08. The van der Waals surface area contributed by atoms with Gasteiger partial charge in [0, 0.05) is 5.69 Å². The monoisotopic (exact) mass is 283 g/mol. The standard InChI is InChI=1S/C10H10ClN3O.2C2H6/c1-5-4-8(9(11)12-6(5)2)10-13-7(3)14-15-10;2*1-2/h4H,1-3H3;2*1-2H3. The van der Waals surface area contributed by atoms with Crippen LogP contribution in [0.25, 0.3) is 11.5 Å². The number of nitrogens with zero attached hydrogens (tertiary/aromatic N) is 3. The van der Waals surface area contributed by atoms with Gasteiger partial charge in [0.2, 0.25) is 0 Å². The maximum Gasteiger partial charge on any atom is 0.261 e. The fraction of sp³-hybridized carbons (Fsp3) is 0.500. The van der Waals surface area contributed by atoms with Crippen molar-refractivity contribution < 1.29 is 4.52 Å². The van der Waals surface area contributed by atoms with Crippen molar-refractivity contribution in [3.8, 4) is 11.5 Å². The highest BCUT2D eigenvalue weighted by Crippen LogP contribution is 2.26. The van der Waals surface area contributed by atoms with E-state index in [1.165, 1.54) is 0 Å². The third-order valence-corrected chi connectivity index (χ3v) is 2.47. The van der Waals surface area contributed by atoms with Gasteiger partial charge in [-0.2, -0.15) is 4.98 Å². The minimum absolute atomic E-state index is 0.391. The molecule has 0 radical (unpaired) electrons. The molecule has 0 spiro atoms. The minimum atomic E-state index is 0.391. The van der Waals surface area contributed by atoms with E-state index in [0.29, 0.717) is 22.4 Å². The lowest BCUT2D eigenvalue weighted by Gasteiger charge is -2.02. The Bertz CT molecular complexity index is 509. The summed E-state index contributed by atoms with van der Waals surface area (Å²) in [6.45, 7) is 13.6. The van der Waals surface area contributed by atoms with Gasteiger partial charge in [0.25, 0.3) is 5.89 Å². The molecule has 5 heteroatoms. The van der Waals surface area contributed by atoms with Crippen molar-refractivity contribution in [2.45, 2.75) is 48.5 Å². The topological polar surface area (TPSA) is 51.8 Å². The van der Waals surface area contributed by atoms with Gasteiger partial charge in [0.15, 0.2) is 5.82 Å². The van der Waals surface area contributed by atoms with Crippen LogP contribution in [-0.2, 0) is 0 Å². The van der Waals surface area contributed by atoms with Crippen molar-refractivity contribution >= 4 is 11.6 Å².